The number of para-hydroxylation sites is 1. The second-order valence-corrected chi connectivity index (χ2v) is 20.7. The Hall–Kier alpha value is -5.48. The van der Waals surface area contributed by atoms with Crippen LogP contribution in [0.2, 0.25) is 0 Å². The van der Waals surface area contributed by atoms with E-state index in [0.29, 0.717) is 0 Å². The molecule has 6 aromatic carbocycles. The third-order valence-electron chi connectivity index (χ3n) is 13.7. The van der Waals surface area contributed by atoms with E-state index in [1.807, 2.05) is 0 Å². The van der Waals surface area contributed by atoms with Gasteiger partial charge < -0.3 is 13.9 Å². The Morgan fingerprint density at radius 1 is 0.526 bits per heavy atom. The molecule has 0 amide bonds. The SMILES string of the molecule is CC(C)(C)c1ccc2c(c1)-c1ccc(cc1)C(C)(C)c1cc3c4c(c1)-n1c5c(cc(C(C)(C)C)cc5c5oc6ccccc6c51)B4c1ccc(C(C)(C)C)cc1N23. The summed E-state index contributed by atoms with van der Waals surface area (Å²) in [4.78, 5) is 2.64. The van der Waals surface area contributed by atoms with Gasteiger partial charge in [0.05, 0.1) is 11.2 Å². The number of anilines is 3. The van der Waals surface area contributed by atoms with Crippen LogP contribution in [0.4, 0.5) is 17.1 Å². The normalized spacial score (nSPS) is 15.4. The molecular weight excluding hydrogens is 691 g/mol. The number of hydrogen-bond donors (Lipinski definition) is 0. The minimum atomic E-state index is -0.272. The Labute approximate surface area is 337 Å². The maximum Gasteiger partial charge on any atom is 0.252 e. The third-order valence-corrected chi connectivity index (χ3v) is 13.7. The number of nitrogens with zero attached hydrogens (tertiary/aromatic N) is 2. The van der Waals surface area contributed by atoms with E-state index in [1.54, 1.807) is 0 Å². The molecule has 4 heteroatoms. The Morgan fingerprint density at radius 2 is 1.19 bits per heavy atom. The van der Waals surface area contributed by atoms with Crippen molar-refractivity contribution in [2.45, 2.75) is 97.8 Å². The van der Waals surface area contributed by atoms with Crippen molar-refractivity contribution in [2.24, 2.45) is 0 Å². The van der Waals surface area contributed by atoms with E-state index in [9.17, 15) is 0 Å². The molecule has 0 aliphatic carbocycles. The summed E-state index contributed by atoms with van der Waals surface area (Å²) in [6.45, 7) is 25.8. The molecule has 0 saturated carbocycles. The second-order valence-electron chi connectivity index (χ2n) is 20.7. The minimum absolute atomic E-state index is 0.000433. The predicted molar refractivity (Wildman–Crippen MR) is 244 cm³/mol. The van der Waals surface area contributed by atoms with Crippen LogP contribution >= 0.6 is 0 Å². The van der Waals surface area contributed by atoms with Gasteiger partial charge in [0.15, 0.2) is 5.58 Å². The first-order valence-corrected chi connectivity index (χ1v) is 20.8. The zero-order chi connectivity index (χ0) is 39.7. The van der Waals surface area contributed by atoms with Gasteiger partial charge in [0.1, 0.15) is 11.1 Å². The molecule has 12 rings (SSSR count). The molecule has 282 valence electrons. The number of rotatable bonds is 0. The smallest absolute Gasteiger partial charge is 0.252 e. The van der Waals surface area contributed by atoms with E-state index in [4.69, 9.17) is 4.42 Å². The average molecular weight is 743 g/mol. The molecule has 0 saturated heterocycles. The molecular formula is C53H51BN2O. The van der Waals surface area contributed by atoms with Gasteiger partial charge in [0.25, 0.3) is 6.71 Å². The Kier molecular flexibility index (Phi) is 6.66. The van der Waals surface area contributed by atoms with E-state index < -0.39 is 0 Å². The number of hydrogen-bond acceptors (Lipinski definition) is 2. The molecule has 4 bridgehead atoms. The van der Waals surface area contributed by atoms with Crippen LogP contribution in [0.1, 0.15) is 104 Å². The molecule has 6 heterocycles. The quantitative estimate of drug-likeness (QED) is 0.144. The van der Waals surface area contributed by atoms with Crippen LogP contribution in [-0.2, 0) is 21.7 Å². The number of furan rings is 1. The molecule has 2 aromatic heterocycles. The van der Waals surface area contributed by atoms with Crippen LogP contribution in [0, 0.1) is 0 Å². The Bertz CT molecular complexity index is 3040. The Balaban J connectivity index is 1.38. The molecule has 0 spiro atoms. The highest BCUT2D eigenvalue weighted by atomic mass is 16.3. The van der Waals surface area contributed by atoms with E-state index in [1.165, 1.54) is 89.0 Å². The van der Waals surface area contributed by atoms with Gasteiger partial charge in [0.2, 0.25) is 0 Å². The first kappa shape index (κ1) is 34.7. The summed E-state index contributed by atoms with van der Waals surface area (Å²) in [6, 6.07) is 42.7. The fraction of sp³-hybridized carbons (Fsp3) is 0.283. The lowest BCUT2D eigenvalue weighted by Crippen LogP contribution is -2.60. The molecule has 8 aromatic rings. The first-order valence-electron chi connectivity index (χ1n) is 20.8. The largest absolute Gasteiger partial charge is 0.454 e. The summed E-state index contributed by atoms with van der Waals surface area (Å²) >= 11 is 0. The molecule has 0 unspecified atom stereocenters. The van der Waals surface area contributed by atoms with E-state index in [-0.39, 0.29) is 28.4 Å². The highest BCUT2D eigenvalue weighted by molar-refractivity contribution is 7.00. The van der Waals surface area contributed by atoms with Gasteiger partial charge in [0, 0.05) is 38.8 Å². The summed E-state index contributed by atoms with van der Waals surface area (Å²) in [5.41, 5.74) is 22.2. The second kappa shape index (κ2) is 10.9. The molecule has 0 atom stereocenters. The van der Waals surface area contributed by atoms with Crippen molar-refractivity contribution < 1.29 is 4.42 Å². The van der Waals surface area contributed by atoms with Crippen molar-refractivity contribution in [3.8, 4) is 16.8 Å². The maximum absolute atomic E-state index is 6.92. The number of aromatic nitrogens is 1. The maximum atomic E-state index is 6.92. The van der Waals surface area contributed by atoms with E-state index >= 15 is 0 Å². The molecule has 57 heavy (non-hydrogen) atoms. The van der Waals surface area contributed by atoms with Gasteiger partial charge in [-0.2, -0.15) is 0 Å². The van der Waals surface area contributed by atoms with Crippen LogP contribution in [-0.4, -0.2) is 11.3 Å². The summed E-state index contributed by atoms with van der Waals surface area (Å²) in [5.74, 6) is 0. The molecule has 4 aliphatic rings. The fourth-order valence-electron chi connectivity index (χ4n) is 10.1. The molecule has 0 radical (unpaired) electrons. The van der Waals surface area contributed by atoms with Gasteiger partial charge in [-0.1, -0.05) is 137 Å². The average Bonchev–Trinajstić information content (AvgIpc) is 3.69. The number of fused-ring (bicyclic) bond motifs is 11. The van der Waals surface area contributed by atoms with Crippen molar-refractivity contribution >= 4 is 73.1 Å². The summed E-state index contributed by atoms with van der Waals surface area (Å²) in [5, 5.41) is 2.35. The third kappa shape index (κ3) is 4.67. The zero-order valence-electron chi connectivity index (χ0n) is 35.3. The van der Waals surface area contributed by atoms with Crippen LogP contribution in [0.15, 0.2) is 114 Å². The fourth-order valence-corrected chi connectivity index (χ4v) is 10.1. The van der Waals surface area contributed by atoms with Crippen LogP contribution < -0.4 is 21.3 Å². The van der Waals surface area contributed by atoms with Crippen molar-refractivity contribution in [1.82, 2.24) is 4.57 Å². The zero-order valence-corrected chi connectivity index (χ0v) is 35.3. The number of benzene rings is 6. The van der Waals surface area contributed by atoms with Crippen molar-refractivity contribution in [2.75, 3.05) is 4.90 Å². The summed E-state index contributed by atoms with van der Waals surface area (Å²) < 4.78 is 9.51. The van der Waals surface area contributed by atoms with Gasteiger partial charge >= 0.3 is 0 Å². The lowest BCUT2D eigenvalue weighted by molar-refractivity contribution is 0.590. The van der Waals surface area contributed by atoms with E-state index in [0.717, 1.165) is 22.1 Å². The molecule has 0 fully saturated rings. The van der Waals surface area contributed by atoms with Gasteiger partial charge in [-0.05, 0) is 115 Å². The van der Waals surface area contributed by atoms with Gasteiger partial charge in [-0.25, -0.2) is 0 Å². The molecule has 3 nitrogen and oxygen atoms in total. The highest BCUT2D eigenvalue weighted by Crippen LogP contribution is 2.50. The summed E-state index contributed by atoms with van der Waals surface area (Å²) in [7, 11) is 0. The minimum Gasteiger partial charge on any atom is -0.454 e. The van der Waals surface area contributed by atoms with Crippen LogP contribution in [0.25, 0.3) is 49.8 Å². The standard InChI is InChI=1S/C53H51BN2O/c1-50(2,3)32-21-23-41-37(24-32)30-16-18-31(19-17-30)53(10,11)35-28-43-46-44(29-35)56-47-38(49-48(56)36-14-12-13-15-45(36)57-49)25-34(52(7,8)9)26-40(47)54(46)39-22-20-33(51(4,5)6)27-42(39)55(41)43/h12-29H,1-11H3. The van der Waals surface area contributed by atoms with Crippen molar-refractivity contribution in [1.29, 1.82) is 0 Å². The lowest BCUT2D eigenvalue weighted by Gasteiger charge is -2.43. The topological polar surface area (TPSA) is 21.3 Å². The molecule has 4 aliphatic heterocycles. The highest BCUT2D eigenvalue weighted by Gasteiger charge is 2.45. The lowest BCUT2D eigenvalue weighted by atomic mass is 9.33. The van der Waals surface area contributed by atoms with Crippen LogP contribution in [0.3, 0.4) is 0 Å². The Morgan fingerprint density at radius 3 is 1.91 bits per heavy atom. The van der Waals surface area contributed by atoms with Crippen LogP contribution in [0.5, 0.6) is 0 Å². The van der Waals surface area contributed by atoms with Gasteiger partial charge in [-0.15, -0.1) is 0 Å². The van der Waals surface area contributed by atoms with Crippen molar-refractivity contribution in [3.05, 3.63) is 137 Å². The van der Waals surface area contributed by atoms with Gasteiger partial charge in [-0.3, -0.25) is 0 Å². The first-order chi connectivity index (χ1) is 26.9. The monoisotopic (exact) mass is 742 g/mol. The van der Waals surface area contributed by atoms with E-state index in [2.05, 4.69) is 195 Å². The molecule has 0 N–H and O–H groups in total. The van der Waals surface area contributed by atoms with Crippen molar-refractivity contribution in [3.63, 3.8) is 0 Å². The predicted octanol–water partition coefficient (Wildman–Crippen LogP) is 12.3. The summed E-state index contributed by atoms with van der Waals surface area (Å²) in [6.07, 6.45) is 0.